The summed E-state index contributed by atoms with van der Waals surface area (Å²) in [5.41, 5.74) is 6.31. The number of unbranched alkanes of at least 4 members (excludes halogenated alkanes) is 2. The molecule has 0 radical (unpaired) electrons. The highest BCUT2D eigenvalue weighted by atomic mass is 16.2. The average Bonchev–Trinajstić information content (AvgIpc) is 2.33. The van der Waals surface area contributed by atoms with Crippen molar-refractivity contribution in [2.45, 2.75) is 71.6 Å². The molecule has 3 N–H and O–H groups in total. The molecule has 4 aliphatic rings. The highest BCUT2D eigenvalue weighted by Crippen LogP contribution is 2.69. The molecule has 2 atom stereocenters. The van der Waals surface area contributed by atoms with Gasteiger partial charge in [-0.3, -0.25) is 4.79 Å². The maximum Gasteiger partial charge on any atom is 0.226 e. The van der Waals surface area contributed by atoms with E-state index in [1.165, 1.54) is 19.3 Å². The van der Waals surface area contributed by atoms with Gasteiger partial charge in [-0.1, -0.05) is 20.3 Å². The van der Waals surface area contributed by atoms with Gasteiger partial charge in [0.15, 0.2) is 0 Å². The number of rotatable bonds is 6. The van der Waals surface area contributed by atoms with Gasteiger partial charge in [0.05, 0.1) is 5.41 Å². The van der Waals surface area contributed by atoms with Crippen molar-refractivity contribution in [1.29, 1.82) is 0 Å². The van der Waals surface area contributed by atoms with Crippen LogP contribution in [0.2, 0.25) is 0 Å². The first-order chi connectivity index (χ1) is 9.89. The van der Waals surface area contributed by atoms with Crippen molar-refractivity contribution in [2.24, 2.45) is 27.9 Å². The maximum atomic E-state index is 12.9. The van der Waals surface area contributed by atoms with Crippen LogP contribution in [0.4, 0.5) is 0 Å². The minimum atomic E-state index is -0.0449. The summed E-state index contributed by atoms with van der Waals surface area (Å²) < 4.78 is 0. The Morgan fingerprint density at radius 3 is 2.29 bits per heavy atom. The van der Waals surface area contributed by atoms with Crippen LogP contribution in [0, 0.1) is 22.2 Å². The number of amides is 1. The van der Waals surface area contributed by atoms with Gasteiger partial charge in [0.25, 0.3) is 0 Å². The topological polar surface area (TPSA) is 55.1 Å². The Kier molecular flexibility index (Phi) is 3.84. The van der Waals surface area contributed by atoms with E-state index in [1.807, 2.05) is 0 Å². The largest absolute Gasteiger partial charge is 0.356 e. The minimum Gasteiger partial charge on any atom is -0.356 e. The highest BCUT2D eigenvalue weighted by molar-refractivity contribution is 5.83. The molecule has 4 aliphatic carbocycles. The van der Waals surface area contributed by atoms with Crippen LogP contribution in [0.15, 0.2) is 0 Å². The lowest BCUT2D eigenvalue weighted by molar-refractivity contribution is -0.170. The molecule has 0 heterocycles. The second-order valence-electron chi connectivity index (χ2n) is 9.02. The van der Waals surface area contributed by atoms with E-state index < -0.39 is 0 Å². The molecule has 4 fully saturated rings. The van der Waals surface area contributed by atoms with Crippen molar-refractivity contribution in [3.05, 3.63) is 0 Å². The lowest BCUT2D eigenvalue weighted by Crippen LogP contribution is -2.59. The molecule has 0 aromatic heterocycles. The number of carbonyl (C=O) groups excluding carboxylic acids is 1. The number of hydrogen-bond donors (Lipinski definition) is 2. The predicted octanol–water partition coefficient (Wildman–Crippen LogP) is 3.23. The lowest BCUT2D eigenvalue weighted by atomic mass is 9.40. The molecule has 0 aromatic rings. The lowest BCUT2D eigenvalue weighted by Gasteiger charge is -2.64. The third-order valence-corrected chi connectivity index (χ3v) is 6.27. The molecule has 3 heteroatoms. The van der Waals surface area contributed by atoms with Crippen molar-refractivity contribution in [3.8, 4) is 0 Å². The first-order valence-electron chi connectivity index (χ1n) is 8.87. The molecule has 0 saturated heterocycles. The van der Waals surface area contributed by atoms with E-state index in [1.54, 1.807) is 0 Å². The molecular formula is C18H32N2O. The molecule has 3 nitrogen and oxygen atoms in total. The van der Waals surface area contributed by atoms with Gasteiger partial charge in [-0.2, -0.15) is 0 Å². The van der Waals surface area contributed by atoms with Gasteiger partial charge in [-0.05, 0) is 74.7 Å². The van der Waals surface area contributed by atoms with Crippen molar-refractivity contribution in [3.63, 3.8) is 0 Å². The van der Waals surface area contributed by atoms with Gasteiger partial charge in [0.1, 0.15) is 0 Å². The van der Waals surface area contributed by atoms with Gasteiger partial charge < -0.3 is 11.1 Å². The molecule has 4 rings (SSSR count). The zero-order valence-corrected chi connectivity index (χ0v) is 13.8. The van der Waals surface area contributed by atoms with Crippen LogP contribution < -0.4 is 11.1 Å². The van der Waals surface area contributed by atoms with Gasteiger partial charge in [-0.15, -0.1) is 0 Å². The number of carbonyl (C=O) groups is 1. The quantitative estimate of drug-likeness (QED) is 0.738. The molecule has 1 amide bonds. The summed E-state index contributed by atoms with van der Waals surface area (Å²) in [6.07, 6.45) is 10.7. The van der Waals surface area contributed by atoms with E-state index in [0.29, 0.717) is 16.7 Å². The summed E-state index contributed by atoms with van der Waals surface area (Å²) in [5, 5.41) is 3.25. The second-order valence-corrected chi connectivity index (χ2v) is 9.02. The normalized spacial score (nSPS) is 44.0. The molecule has 4 saturated carbocycles. The zero-order valence-electron chi connectivity index (χ0n) is 13.8. The van der Waals surface area contributed by atoms with Crippen LogP contribution in [0.5, 0.6) is 0 Å². The molecule has 120 valence electrons. The zero-order chi connectivity index (χ0) is 15.1. The summed E-state index contributed by atoms with van der Waals surface area (Å²) >= 11 is 0. The molecule has 0 aromatic carbocycles. The Morgan fingerprint density at radius 2 is 1.71 bits per heavy atom. The fraction of sp³-hybridized carbons (Fsp3) is 0.944. The first-order valence-corrected chi connectivity index (χ1v) is 8.87. The summed E-state index contributed by atoms with van der Waals surface area (Å²) in [6, 6.07) is 0. The third kappa shape index (κ3) is 2.86. The van der Waals surface area contributed by atoms with Gasteiger partial charge in [0, 0.05) is 6.54 Å². The van der Waals surface area contributed by atoms with E-state index in [9.17, 15) is 4.79 Å². The highest BCUT2D eigenvalue weighted by Gasteiger charge is 2.62. The molecule has 2 unspecified atom stereocenters. The minimum absolute atomic E-state index is 0.0449. The Labute approximate surface area is 129 Å². The van der Waals surface area contributed by atoms with E-state index in [-0.39, 0.29) is 5.41 Å². The van der Waals surface area contributed by atoms with Crippen LogP contribution in [0.1, 0.15) is 71.6 Å². The maximum absolute atomic E-state index is 12.9. The van der Waals surface area contributed by atoms with E-state index in [2.05, 4.69) is 19.2 Å². The van der Waals surface area contributed by atoms with E-state index >= 15 is 0 Å². The number of hydrogen-bond acceptors (Lipinski definition) is 2. The first kappa shape index (κ1) is 15.3. The Bertz CT molecular complexity index is 401. The monoisotopic (exact) mass is 292 g/mol. The van der Waals surface area contributed by atoms with Crippen molar-refractivity contribution >= 4 is 5.91 Å². The van der Waals surface area contributed by atoms with E-state index in [0.717, 1.165) is 57.5 Å². The molecular weight excluding hydrogens is 260 g/mol. The molecule has 21 heavy (non-hydrogen) atoms. The van der Waals surface area contributed by atoms with Crippen molar-refractivity contribution in [2.75, 3.05) is 13.1 Å². The van der Waals surface area contributed by atoms with Crippen LogP contribution >= 0.6 is 0 Å². The SMILES string of the molecule is CC12CC3CC(C)(C1)CC(C(=O)NCCCCCN)(C3)C2. The van der Waals surface area contributed by atoms with Crippen LogP contribution in [-0.4, -0.2) is 19.0 Å². The average molecular weight is 292 g/mol. The van der Waals surface area contributed by atoms with Crippen LogP contribution in [0.25, 0.3) is 0 Å². The number of nitrogens with two attached hydrogens (primary N) is 1. The van der Waals surface area contributed by atoms with Crippen molar-refractivity contribution < 1.29 is 4.79 Å². The Morgan fingerprint density at radius 1 is 1.05 bits per heavy atom. The van der Waals surface area contributed by atoms with Gasteiger partial charge in [0.2, 0.25) is 5.91 Å². The molecule has 0 aliphatic heterocycles. The fourth-order valence-electron chi connectivity index (χ4n) is 6.54. The molecule has 4 bridgehead atoms. The van der Waals surface area contributed by atoms with Crippen LogP contribution in [0.3, 0.4) is 0 Å². The fourth-order valence-corrected chi connectivity index (χ4v) is 6.54. The Hall–Kier alpha value is -0.570. The van der Waals surface area contributed by atoms with E-state index in [4.69, 9.17) is 5.73 Å². The van der Waals surface area contributed by atoms with Gasteiger partial charge >= 0.3 is 0 Å². The summed E-state index contributed by atoms with van der Waals surface area (Å²) in [5.74, 6) is 1.15. The smallest absolute Gasteiger partial charge is 0.226 e. The van der Waals surface area contributed by atoms with Crippen LogP contribution in [-0.2, 0) is 4.79 Å². The summed E-state index contributed by atoms with van der Waals surface area (Å²) in [7, 11) is 0. The Balaban J connectivity index is 1.63. The van der Waals surface area contributed by atoms with Crippen molar-refractivity contribution in [1.82, 2.24) is 5.32 Å². The molecule has 0 spiro atoms. The number of nitrogens with one attached hydrogen (secondary N) is 1. The standard InChI is InChI=1S/C18H32N2O/c1-16-8-14-9-17(2,11-16)13-18(10-14,12-16)15(21)20-7-5-3-4-6-19/h14H,3-13,19H2,1-2H3,(H,20,21). The predicted molar refractivity (Wildman–Crippen MR) is 85.8 cm³/mol. The summed E-state index contributed by atoms with van der Waals surface area (Å²) in [6.45, 7) is 6.45. The second kappa shape index (κ2) is 5.26. The van der Waals surface area contributed by atoms with Gasteiger partial charge in [-0.25, -0.2) is 0 Å². The summed E-state index contributed by atoms with van der Waals surface area (Å²) in [4.78, 5) is 12.9. The third-order valence-electron chi connectivity index (χ3n) is 6.27.